The van der Waals surface area contributed by atoms with E-state index in [-0.39, 0.29) is 0 Å². The molecular weight excluding hydrogens is 567 g/mol. The molecule has 0 nitrogen and oxygen atoms in total. The molecule has 0 aromatic heterocycles. The van der Waals surface area contributed by atoms with Crippen LogP contribution in [0.4, 0.5) is 0 Å². The number of benzene rings is 2. The maximum absolute atomic E-state index is 2.58. The molecule has 2 atom stereocenters. The van der Waals surface area contributed by atoms with Gasteiger partial charge in [-0.15, -0.1) is 0 Å². The number of hydrogen-bond acceptors (Lipinski definition) is 0. The van der Waals surface area contributed by atoms with E-state index in [0.717, 1.165) is 7.35 Å². The van der Waals surface area contributed by atoms with E-state index in [1.165, 1.54) is 18.9 Å². The summed E-state index contributed by atoms with van der Waals surface area (Å²) in [7, 11) is 0. The zero-order chi connectivity index (χ0) is 23.0. The third kappa shape index (κ3) is 4.39. The van der Waals surface area contributed by atoms with Crippen molar-refractivity contribution < 1.29 is 20.1 Å². The first-order valence-electron chi connectivity index (χ1n) is 12.7. The summed E-state index contributed by atoms with van der Waals surface area (Å²) >= 11 is -2.09. The third-order valence-electron chi connectivity index (χ3n) is 7.47. The molecule has 0 N–H and O–H groups in total. The summed E-state index contributed by atoms with van der Waals surface area (Å²) in [6.45, 7) is 16.7. The van der Waals surface area contributed by atoms with Crippen LogP contribution >= 0.6 is 0 Å². The summed E-state index contributed by atoms with van der Waals surface area (Å²) < 4.78 is 1.56. The first-order valence-corrected chi connectivity index (χ1v) is 24.4. The number of rotatable bonds is 7. The first-order chi connectivity index (χ1) is 15.3. The maximum atomic E-state index is 2.58. The minimum atomic E-state index is -2.09. The van der Waals surface area contributed by atoms with Crippen molar-refractivity contribution in [2.75, 3.05) is 0 Å². The molecular formula is C30H40HfSi. The van der Waals surface area contributed by atoms with Gasteiger partial charge in [-0.2, -0.15) is 0 Å². The molecule has 0 amide bonds. The number of fused-ring (bicyclic) bond motifs is 2. The number of hydrogen-bond donors (Lipinski definition) is 0. The average Bonchev–Trinajstić information content (AvgIpc) is 3.26. The van der Waals surface area contributed by atoms with E-state index in [4.69, 9.17) is 0 Å². The second-order valence-electron chi connectivity index (χ2n) is 10.5. The predicted octanol–water partition coefficient (Wildman–Crippen LogP) is 8.74. The van der Waals surface area contributed by atoms with E-state index in [9.17, 15) is 0 Å². The summed E-state index contributed by atoms with van der Waals surface area (Å²) in [5, 5.41) is 0. The third-order valence-corrected chi connectivity index (χ3v) is 32.6. The Morgan fingerprint density at radius 1 is 0.781 bits per heavy atom. The average molecular weight is 607 g/mol. The van der Waals surface area contributed by atoms with Gasteiger partial charge in [0, 0.05) is 0 Å². The quantitative estimate of drug-likeness (QED) is 0.218. The molecule has 168 valence electrons. The van der Waals surface area contributed by atoms with E-state index in [2.05, 4.69) is 97.0 Å². The van der Waals surface area contributed by atoms with Crippen LogP contribution in [0.25, 0.3) is 12.2 Å². The zero-order valence-corrected chi connectivity index (χ0v) is 25.9. The van der Waals surface area contributed by atoms with Crippen molar-refractivity contribution in [2.24, 2.45) is 0 Å². The molecule has 0 saturated carbocycles. The van der Waals surface area contributed by atoms with Crippen LogP contribution in [0.15, 0.2) is 47.5 Å². The van der Waals surface area contributed by atoms with Gasteiger partial charge in [0.25, 0.3) is 0 Å². The van der Waals surface area contributed by atoms with Gasteiger partial charge in [0.15, 0.2) is 0 Å². The number of unbranched alkanes of at least 4 members (excludes halogenated alkanes) is 1. The Morgan fingerprint density at radius 2 is 1.25 bits per heavy atom. The molecule has 0 saturated heterocycles. The fraction of sp³-hybridized carbons (Fsp3) is 0.467. The Hall–Kier alpha value is -0.993. The topological polar surface area (TPSA) is 0 Å². The fourth-order valence-corrected chi connectivity index (χ4v) is 35.4. The molecule has 2 aromatic carbocycles. The molecule has 2 aliphatic carbocycles. The van der Waals surface area contributed by atoms with Gasteiger partial charge < -0.3 is 0 Å². The zero-order valence-electron chi connectivity index (χ0n) is 21.1. The first kappa shape index (κ1) is 24.1. The standard InChI is InChI=1S/2C13H15.C4H10Si.Hf/c2*1-9(2)12-6-4-5-11-7-10(3)8-13(11)12;1-2-3-4-5;/h2*4-9H,1-3H3;5H,2-4H2,1H3;. The van der Waals surface area contributed by atoms with Gasteiger partial charge in [-0.3, -0.25) is 0 Å². The Kier molecular flexibility index (Phi) is 7.62. The van der Waals surface area contributed by atoms with Gasteiger partial charge in [0.2, 0.25) is 0 Å². The van der Waals surface area contributed by atoms with E-state index < -0.39 is 20.1 Å². The Balaban J connectivity index is 1.86. The molecule has 0 heterocycles. The number of allylic oxidation sites excluding steroid dienone is 2. The monoisotopic (exact) mass is 608 g/mol. The Bertz CT molecular complexity index is 1020. The van der Waals surface area contributed by atoms with Crippen molar-refractivity contribution in [1.82, 2.24) is 0 Å². The van der Waals surface area contributed by atoms with E-state index >= 15 is 0 Å². The van der Waals surface area contributed by atoms with Crippen LogP contribution in [0.5, 0.6) is 0 Å². The molecule has 2 unspecified atom stereocenters. The molecule has 0 fully saturated rings. The fourth-order valence-electron chi connectivity index (χ4n) is 5.92. The molecule has 0 spiro atoms. The van der Waals surface area contributed by atoms with Gasteiger partial charge in [-0.25, -0.2) is 0 Å². The molecule has 4 rings (SSSR count). The van der Waals surface area contributed by atoms with Crippen molar-refractivity contribution in [2.45, 2.75) is 86.5 Å². The van der Waals surface area contributed by atoms with Crippen molar-refractivity contribution in [3.8, 4) is 0 Å². The van der Waals surface area contributed by atoms with Crippen LogP contribution < -0.4 is 0 Å². The second-order valence-corrected chi connectivity index (χ2v) is 29.1. The molecule has 0 bridgehead atoms. The summed E-state index contributed by atoms with van der Waals surface area (Å²) in [5.74, 6) is 1.19. The van der Waals surface area contributed by atoms with Crippen LogP contribution in [-0.2, 0) is 20.1 Å². The van der Waals surface area contributed by atoms with Crippen molar-refractivity contribution in [3.63, 3.8) is 0 Å². The van der Waals surface area contributed by atoms with Crippen LogP contribution in [0.2, 0.25) is 6.04 Å². The van der Waals surface area contributed by atoms with E-state index in [1.54, 1.807) is 44.5 Å². The van der Waals surface area contributed by atoms with Crippen LogP contribution in [0.3, 0.4) is 0 Å². The van der Waals surface area contributed by atoms with Crippen LogP contribution in [0, 0.1) is 0 Å². The van der Waals surface area contributed by atoms with E-state index in [0.29, 0.717) is 18.1 Å². The predicted molar refractivity (Wildman–Crippen MR) is 141 cm³/mol. The minimum absolute atomic E-state index is 0.594. The van der Waals surface area contributed by atoms with Crippen molar-refractivity contribution in [3.05, 3.63) is 80.9 Å². The van der Waals surface area contributed by atoms with Gasteiger partial charge >= 0.3 is 206 Å². The van der Waals surface area contributed by atoms with Crippen molar-refractivity contribution in [1.29, 1.82) is 0 Å². The second kappa shape index (κ2) is 10.1. The van der Waals surface area contributed by atoms with Gasteiger partial charge in [0.1, 0.15) is 0 Å². The molecule has 2 aliphatic rings. The van der Waals surface area contributed by atoms with Gasteiger partial charge in [-0.1, -0.05) is 0 Å². The molecule has 0 radical (unpaired) electrons. The Labute approximate surface area is 204 Å². The normalized spacial score (nSPS) is 19.2. The van der Waals surface area contributed by atoms with E-state index in [1.807, 2.05) is 0 Å². The molecule has 2 aromatic rings. The molecule has 2 heteroatoms. The van der Waals surface area contributed by atoms with Crippen molar-refractivity contribution >= 4 is 18.4 Å². The van der Waals surface area contributed by atoms with Crippen LogP contribution in [0.1, 0.15) is 114 Å². The molecule has 0 aliphatic heterocycles. The molecule has 32 heavy (non-hydrogen) atoms. The summed E-state index contributed by atoms with van der Waals surface area (Å²) in [4.78, 5) is 0. The summed E-state index contributed by atoms with van der Waals surface area (Å²) in [6, 6.07) is 15.9. The van der Waals surface area contributed by atoms with Crippen LogP contribution in [-0.4, -0.2) is 6.22 Å². The summed E-state index contributed by atoms with van der Waals surface area (Å²) in [5.41, 5.74) is 13.0. The van der Waals surface area contributed by atoms with Gasteiger partial charge in [-0.05, 0) is 0 Å². The SMILES string of the molecule is CCCC[SiH]=[Hf]([CH]1C(C)=Cc2c(C(C)C)cccc21)[CH]1C(C)=Cc2c(C(C)C)cccc21. The Morgan fingerprint density at radius 3 is 1.66 bits per heavy atom. The van der Waals surface area contributed by atoms with Gasteiger partial charge in [0.05, 0.1) is 0 Å². The summed E-state index contributed by atoms with van der Waals surface area (Å²) in [6.07, 6.45) is 8.52.